The van der Waals surface area contributed by atoms with Gasteiger partial charge in [-0.25, -0.2) is 13.8 Å². The number of fused-ring (bicyclic) bond motifs is 1. The maximum Gasteiger partial charge on any atom is 0.272 e. The molecular weight excluding hydrogens is 392 g/mol. The van der Waals surface area contributed by atoms with Gasteiger partial charge in [-0.2, -0.15) is 0 Å². The van der Waals surface area contributed by atoms with Crippen LogP contribution >= 0.6 is 0 Å². The smallest absolute Gasteiger partial charge is 0.272 e. The van der Waals surface area contributed by atoms with Gasteiger partial charge in [0.2, 0.25) is 5.91 Å². The van der Waals surface area contributed by atoms with Gasteiger partial charge in [-0.3, -0.25) is 14.5 Å². The van der Waals surface area contributed by atoms with E-state index < -0.39 is 29.0 Å². The largest absolute Gasteiger partial charge is 0.357 e. The summed E-state index contributed by atoms with van der Waals surface area (Å²) < 4.78 is 29.1. The molecule has 0 bridgehead atoms. The highest BCUT2D eigenvalue weighted by atomic mass is 19.2. The highest BCUT2D eigenvalue weighted by Crippen LogP contribution is 2.28. The lowest BCUT2D eigenvalue weighted by Gasteiger charge is -2.30. The molecule has 30 heavy (non-hydrogen) atoms. The van der Waals surface area contributed by atoms with Gasteiger partial charge < -0.3 is 15.2 Å². The first-order chi connectivity index (χ1) is 14.0. The van der Waals surface area contributed by atoms with Crippen molar-refractivity contribution in [2.45, 2.75) is 39.9 Å². The zero-order chi connectivity index (χ0) is 22.2. The van der Waals surface area contributed by atoms with Crippen LogP contribution in [0.1, 0.15) is 37.0 Å². The lowest BCUT2D eigenvalue weighted by atomic mass is 9.86. The Bertz CT molecular complexity index is 981. The van der Waals surface area contributed by atoms with E-state index in [4.69, 9.17) is 0 Å². The molecule has 0 radical (unpaired) electrons. The van der Waals surface area contributed by atoms with E-state index in [-0.39, 0.29) is 11.6 Å². The third-order valence-corrected chi connectivity index (χ3v) is 5.24. The zero-order valence-corrected chi connectivity index (χ0v) is 17.8. The molecule has 0 aliphatic carbocycles. The van der Waals surface area contributed by atoms with Crippen molar-refractivity contribution in [1.82, 2.24) is 25.1 Å². The number of benzene rings is 1. The molecule has 2 aromatic rings. The van der Waals surface area contributed by atoms with Gasteiger partial charge in [-0.15, -0.1) is 0 Å². The number of hydrogen-bond acceptors (Lipinski definition) is 4. The Balaban J connectivity index is 2.04. The molecule has 0 saturated heterocycles. The third kappa shape index (κ3) is 4.21. The van der Waals surface area contributed by atoms with Gasteiger partial charge in [0.1, 0.15) is 11.9 Å². The van der Waals surface area contributed by atoms with Crippen LogP contribution in [0.2, 0.25) is 0 Å². The summed E-state index contributed by atoms with van der Waals surface area (Å²) in [6.45, 7) is 7.32. The van der Waals surface area contributed by atoms with Gasteiger partial charge in [0.05, 0.1) is 5.69 Å². The van der Waals surface area contributed by atoms with Crippen LogP contribution in [0.4, 0.5) is 8.78 Å². The molecule has 1 atom stereocenters. The molecule has 2 N–H and O–H groups in total. The van der Waals surface area contributed by atoms with E-state index in [2.05, 4.69) is 15.6 Å². The molecule has 0 fully saturated rings. The summed E-state index contributed by atoms with van der Waals surface area (Å²) in [6, 6.07) is 2.80. The highest BCUT2D eigenvalue weighted by Gasteiger charge is 2.35. The maximum absolute atomic E-state index is 13.8. The average Bonchev–Trinajstić information content (AvgIpc) is 3.05. The van der Waals surface area contributed by atoms with Gasteiger partial charge in [0, 0.05) is 32.2 Å². The number of halogens is 2. The topological polar surface area (TPSA) is 79.3 Å². The Hall–Kier alpha value is -2.81. The summed E-state index contributed by atoms with van der Waals surface area (Å²) in [5.41, 5.74) is 0.720. The summed E-state index contributed by atoms with van der Waals surface area (Å²) in [5, 5.41) is 5.37. The molecule has 1 aromatic carbocycles. The number of carbonyl (C=O) groups is 2. The van der Waals surface area contributed by atoms with E-state index in [1.54, 1.807) is 0 Å². The van der Waals surface area contributed by atoms with Crippen LogP contribution in [-0.2, 0) is 17.9 Å². The molecule has 3 rings (SSSR count). The molecule has 162 valence electrons. The normalized spacial score (nSPS) is 15.4. The number of amides is 2. The van der Waals surface area contributed by atoms with Crippen molar-refractivity contribution < 1.29 is 18.4 Å². The molecular formula is C21H27F2N5O2. The van der Waals surface area contributed by atoms with Crippen molar-refractivity contribution in [3.8, 4) is 11.4 Å². The fraction of sp³-hybridized carbons (Fsp3) is 0.476. The van der Waals surface area contributed by atoms with Crippen LogP contribution in [0.3, 0.4) is 0 Å². The molecule has 1 aliphatic heterocycles. The minimum atomic E-state index is -0.976. The van der Waals surface area contributed by atoms with Gasteiger partial charge in [0.15, 0.2) is 17.3 Å². The standard InChI is InChI=1S/C21H27F2N5O2/c1-21(2,3)17(20(30)24-4)26-19(29)16-15-11-27(5)8-9-28(15)18(25-16)12-6-7-13(22)14(23)10-12/h6-7,10,17H,8-9,11H2,1-5H3,(H,24,30)(H,26,29). The molecule has 1 aromatic heterocycles. The van der Waals surface area contributed by atoms with Crippen LogP contribution in [0.15, 0.2) is 18.2 Å². The van der Waals surface area contributed by atoms with Crippen LogP contribution in [-0.4, -0.2) is 52.9 Å². The summed E-state index contributed by atoms with van der Waals surface area (Å²) >= 11 is 0. The molecule has 1 aliphatic rings. The molecule has 2 heterocycles. The summed E-state index contributed by atoms with van der Waals surface area (Å²) in [6.07, 6.45) is 0. The van der Waals surface area contributed by atoms with Gasteiger partial charge in [-0.05, 0) is 30.7 Å². The monoisotopic (exact) mass is 419 g/mol. The third-order valence-electron chi connectivity index (χ3n) is 5.24. The SMILES string of the molecule is CNC(=O)C(NC(=O)c1nc(-c2ccc(F)c(F)c2)n2c1CN(C)CC2)C(C)(C)C. The average molecular weight is 419 g/mol. The van der Waals surface area contributed by atoms with Crippen molar-refractivity contribution in [3.05, 3.63) is 41.2 Å². The number of rotatable bonds is 4. The fourth-order valence-corrected chi connectivity index (χ4v) is 3.55. The second-order valence-corrected chi connectivity index (χ2v) is 8.64. The van der Waals surface area contributed by atoms with Crippen molar-refractivity contribution in [2.75, 3.05) is 20.6 Å². The lowest BCUT2D eigenvalue weighted by Crippen LogP contribution is -2.53. The lowest BCUT2D eigenvalue weighted by molar-refractivity contribution is -0.124. The number of likely N-dealkylation sites (N-methyl/N-ethyl adjacent to an activating group) is 2. The van der Waals surface area contributed by atoms with E-state index in [1.807, 2.05) is 37.3 Å². The van der Waals surface area contributed by atoms with Crippen LogP contribution in [0, 0.1) is 17.0 Å². The Morgan fingerprint density at radius 1 is 1.17 bits per heavy atom. The Morgan fingerprint density at radius 2 is 1.87 bits per heavy atom. The predicted molar refractivity (Wildman–Crippen MR) is 109 cm³/mol. The molecule has 0 saturated carbocycles. The Kier molecular flexibility index (Phi) is 5.94. The number of hydrogen-bond donors (Lipinski definition) is 2. The number of carbonyl (C=O) groups excluding carboxylic acids is 2. The second-order valence-electron chi connectivity index (χ2n) is 8.64. The minimum absolute atomic E-state index is 0.180. The van der Waals surface area contributed by atoms with Crippen molar-refractivity contribution in [2.24, 2.45) is 5.41 Å². The number of nitrogens with zero attached hydrogens (tertiary/aromatic N) is 3. The quantitative estimate of drug-likeness (QED) is 0.796. The van der Waals surface area contributed by atoms with Crippen molar-refractivity contribution in [3.63, 3.8) is 0 Å². The Morgan fingerprint density at radius 3 is 2.47 bits per heavy atom. The van der Waals surface area contributed by atoms with E-state index in [0.29, 0.717) is 30.2 Å². The molecule has 7 nitrogen and oxygen atoms in total. The maximum atomic E-state index is 13.8. The van der Waals surface area contributed by atoms with Crippen LogP contribution < -0.4 is 10.6 Å². The van der Waals surface area contributed by atoms with Gasteiger partial charge in [0.25, 0.3) is 5.91 Å². The first kappa shape index (κ1) is 21.9. The summed E-state index contributed by atoms with van der Waals surface area (Å²) in [4.78, 5) is 32.0. The number of nitrogens with one attached hydrogen (secondary N) is 2. The first-order valence-electron chi connectivity index (χ1n) is 9.78. The second kappa shape index (κ2) is 8.14. The molecule has 1 unspecified atom stereocenters. The zero-order valence-electron chi connectivity index (χ0n) is 17.8. The summed E-state index contributed by atoms with van der Waals surface area (Å²) in [5.74, 6) is -2.31. The van der Waals surface area contributed by atoms with E-state index >= 15 is 0 Å². The van der Waals surface area contributed by atoms with E-state index in [0.717, 1.165) is 18.7 Å². The number of aromatic nitrogens is 2. The van der Waals surface area contributed by atoms with Gasteiger partial charge >= 0.3 is 0 Å². The van der Waals surface area contributed by atoms with Crippen LogP contribution in [0.25, 0.3) is 11.4 Å². The number of imidazole rings is 1. The van der Waals surface area contributed by atoms with E-state index in [1.165, 1.54) is 13.1 Å². The highest BCUT2D eigenvalue weighted by molar-refractivity contribution is 5.97. The summed E-state index contributed by atoms with van der Waals surface area (Å²) in [7, 11) is 3.44. The van der Waals surface area contributed by atoms with Crippen molar-refractivity contribution in [1.29, 1.82) is 0 Å². The predicted octanol–water partition coefficient (Wildman–Crippen LogP) is 2.16. The van der Waals surface area contributed by atoms with E-state index in [9.17, 15) is 18.4 Å². The molecule has 2 amide bonds. The minimum Gasteiger partial charge on any atom is -0.357 e. The van der Waals surface area contributed by atoms with Crippen LogP contribution in [0.5, 0.6) is 0 Å². The fourth-order valence-electron chi connectivity index (χ4n) is 3.55. The molecule has 9 heteroatoms. The first-order valence-corrected chi connectivity index (χ1v) is 9.78. The molecule has 0 spiro atoms. The Labute approximate surface area is 174 Å². The van der Waals surface area contributed by atoms with Crippen molar-refractivity contribution >= 4 is 11.8 Å². The van der Waals surface area contributed by atoms with Gasteiger partial charge in [-0.1, -0.05) is 20.8 Å².